The molecule has 36 nitrogen and oxygen atoms in total. The predicted octanol–water partition coefficient (Wildman–Crippen LogP) is 17.4. The van der Waals surface area contributed by atoms with Crippen LogP contribution >= 0.6 is 0 Å². The number of nitrogens with one attached hydrogen (secondary N) is 4. The van der Waals surface area contributed by atoms with E-state index in [-0.39, 0.29) is 221 Å². The summed E-state index contributed by atoms with van der Waals surface area (Å²) in [6.45, 7) is 39.9. The SMILES string of the molecule is C=C(C)C(=O)OCCCC(=O)Oc1ccc(C(=C(c2ccc(OC(=O)NCCOC(=O)C(=C)C)cc2)c2ccc(OC(=O)NCCOC(=O)C(=C)C)cc2)c2ccc(OC(=O)CCCOC(=O)C(=C)C)cc2)cc1.C=C(C)C(=O)OCCCC(=O)Oc1ccc(C(c2ccc(OC(=O)CCCOC(=O)C(=C)C)cc2)C(c2ccc(OC(=O)NCCOC(=O)C(=C)C)cc2)c2ccc(OC(=O)NCCOC(=O)C(=C)C)cc2)cc1. The van der Waals surface area contributed by atoms with Crippen molar-refractivity contribution in [1.29, 1.82) is 0 Å². The van der Waals surface area contributed by atoms with Crippen molar-refractivity contribution in [2.75, 3.05) is 79.0 Å². The monoisotopic (exact) mass is 2030 g/mol. The van der Waals surface area contributed by atoms with Crippen LogP contribution in [0.15, 0.2) is 291 Å². The largest absolute Gasteiger partial charge is 0.462 e. The minimum atomic E-state index is -0.799. The Balaban J connectivity index is 0.000000401. The molecular formula is C112H118N4O32. The molecule has 4 amide bonds. The van der Waals surface area contributed by atoms with Crippen LogP contribution in [-0.4, -0.2) is 175 Å². The Bertz CT molecular complexity index is 5430. The molecule has 0 saturated heterocycles. The van der Waals surface area contributed by atoms with Gasteiger partial charge in [-0.05, 0) is 234 Å². The van der Waals surface area contributed by atoms with Gasteiger partial charge >= 0.3 is 96.0 Å². The lowest BCUT2D eigenvalue weighted by Crippen LogP contribution is -2.30. The molecule has 0 heterocycles. The van der Waals surface area contributed by atoms with Crippen LogP contribution in [0, 0.1) is 0 Å². The van der Waals surface area contributed by atoms with Crippen LogP contribution in [0.25, 0.3) is 11.1 Å². The Morgan fingerprint density at radius 3 is 0.500 bits per heavy atom. The number of rotatable bonds is 53. The molecule has 778 valence electrons. The average Bonchev–Trinajstić information content (AvgIpc) is 0.779. The van der Waals surface area contributed by atoms with Crippen molar-refractivity contribution in [2.45, 2.75) is 119 Å². The Morgan fingerprint density at radius 2 is 0.345 bits per heavy atom. The fourth-order valence-electron chi connectivity index (χ4n) is 12.8. The third-order valence-corrected chi connectivity index (χ3v) is 20.1. The number of amides is 4. The first-order valence-electron chi connectivity index (χ1n) is 46.4. The first-order valence-corrected chi connectivity index (χ1v) is 46.4. The molecule has 0 atom stereocenters. The highest BCUT2D eigenvalue weighted by Gasteiger charge is 2.31. The van der Waals surface area contributed by atoms with Crippen LogP contribution in [0.5, 0.6) is 46.0 Å². The minimum absolute atomic E-state index is 0.00574. The zero-order valence-corrected chi connectivity index (χ0v) is 83.5. The molecule has 0 fully saturated rings. The Morgan fingerprint density at radius 1 is 0.203 bits per heavy atom. The maximum Gasteiger partial charge on any atom is 0.412 e. The molecule has 0 aliphatic carbocycles. The number of carbonyl (C=O) groups is 16. The van der Waals surface area contributed by atoms with Gasteiger partial charge in [-0.3, -0.25) is 19.2 Å². The Kier molecular flexibility index (Phi) is 48.4. The highest BCUT2D eigenvalue weighted by atomic mass is 16.6. The highest BCUT2D eigenvalue weighted by molar-refractivity contribution is 6.05. The Hall–Kier alpha value is -17.9. The van der Waals surface area contributed by atoms with Crippen LogP contribution in [0.1, 0.15) is 163 Å². The summed E-state index contributed by atoms with van der Waals surface area (Å²) in [5.74, 6) is -6.14. The standard InChI is InChI=1S/C56H60N2O16.C56H58N2O16/c2*1-35(2)51(61)67-31-9-11-47(59)71-43-21-13-39(14-22-43)49(40-15-23-44(24-16-40)72-48(60)12-10-32-68-52(62)36(3)4)50(41-17-25-45(26-18-41)73-55(65)57-29-33-69-53(63)37(5)6)42-19-27-46(28-20-42)74-56(66)58-30-34-70-54(64)38(7)8/h13-28,49-50H,1,3,5,7,9-12,29-34H2,2,4,6,8H3,(H,57,65)(H,58,66);13-28H,1,3,5,7,9-12,29-34H2,2,4,6,8H3,(H,57,65)(H,58,66). The van der Waals surface area contributed by atoms with E-state index in [1.165, 1.54) is 55.4 Å². The van der Waals surface area contributed by atoms with Crippen molar-refractivity contribution >= 4 is 107 Å². The zero-order valence-electron chi connectivity index (χ0n) is 83.5. The molecule has 0 radical (unpaired) electrons. The molecular weight excluding hydrogens is 1910 g/mol. The third kappa shape index (κ3) is 42.0. The zero-order chi connectivity index (χ0) is 108. The lowest BCUT2D eigenvalue weighted by molar-refractivity contribution is -0.141. The molecule has 0 unspecified atom stereocenters. The van der Waals surface area contributed by atoms with Gasteiger partial charge in [-0.2, -0.15) is 0 Å². The van der Waals surface area contributed by atoms with Crippen molar-refractivity contribution < 1.29 is 153 Å². The third-order valence-electron chi connectivity index (χ3n) is 20.1. The van der Waals surface area contributed by atoms with E-state index in [9.17, 15) is 76.7 Å². The van der Waals surface area contributed by atoms with Gasteiger partial charge < -0.3 is 97.1 Å². The van der Waals surface area contributed by atoms with E-state index in [1.807, 2.05) is 0 Å². The van der Waals surface area contributed by atoms with E-state index in [1.54, 1.807) is 194 Å². The molecule has 8 rings (SSSR count). The topological polar surface area (TPSA) is 469 Å². The number of carbonyl (C=O) groups excluding carboxylic acids is 16. The van der Waals surface area contributed by atoms with E-state index in [2.05, 4.69) is 73.9 Å². The summed E-state index contributed by atoms with van der Waals surface area (Å²) in [6.07, 6.45) is -2.35. The molecule has 0 spiro atoms. The summed E-state index contributed by atoms with van der Waals surface area (Å²) < 4.78 is 84.9. The van der Waals surface area contributed by atoms with Crippen molar-refractivity contribution in [1.82, 2.24) is 21.3 Å². The first kappa shape index (κ1) is 117. The maximum absolute atomic E-state index is 12.8. The normalized spacial score (nSPS) is 10.4. The summed E-state index contributed by atoms with van der Waals surface area (Å²) in [5.41, 5.74) is 8.49. The van der Waals surface area contributed by atoms with Gasteiger partial charge in [0, 0.05) is 82.1 Å². The summed E-state index contributed by atoms with van der Waals surface area (Å²) in [5, 5.41) is 10.1. The van der Waals surface area contributed by atoms with E-state index in [4.69, 9.17) is 75.8 Å². The number of hydrogen-bond donors (Lipinski definition) is 4. The van der Waals surface area contributed by atoms with Gasteiger partial charge in [0.1, 0.15) is 72.4 Å². The number of hydrogen-bond acceptors (Lipinski definition) is 32. The van der Waals surface area contributed by atoms with Gasteiger partial charge in [-0.25, -0.2) is 57.5 Å². The van der Waals surface area contributed by atoms with Crippen LogP contribution < -0.4 is 59.2 Å². The second-order valence-electron chi connectivity index (χ2n) is 33.0. The second-order valence-corrected chi connectivity index (χ2v) is 33.0. The van der Waals surface area contributed by atoms with Crippen LogP contribution in [0.2, 0.25) is 0 Å². The van der Waals surface area contributed by atoms with Gasteiger partial charge in [0.05, 0.1) is 52.6 Å². The molecule has 148 heavy (non-hydrogen) atoms. The van der Waals surface area contributed by atoms with Crippen molar-refractivity contribution in [2.24, 2.45) is 0 Å². The van der Waals surface area contributed by atoms with E-state index < -0.39 is 108 Å². The summed E-state index contributed by atoms with van der Waals surface area (Å²) in [4.78, 5) is 196. The number of esters is 12. The van der Waals surface area contributed by atoms with E-state index in [0.717, 1.165) is 22.3 Å². The number of benzene rings is 8. The predicted molar refractivity (Wildman–Crippen MR) is 542 cm³/mol. The molecule has 36 heteroatoms. The quantitative estimate of drug-likeness (QED) is 0.00687. The van der Waals surface area contributed by atoms with Gasteiger partial charge in [0.15, 0.2) is 0 Å². The van der Waals surface area contributed by atoms with Crippen molar-refractivity contribution in [3.8, 4) is 46.0 Å². The summed E-state index contributed by atoms with van der Waals surface area (Å²) in [6, 6.07) is 53.9. The van der Waals surface area contributed by atoms with Crippen molar-refractivity contribution in [3.05, 3.63) is 336 Å². The Labute approximate surface area is 856 Å². The minimum Gasteiger partial charge on any atom is -0.462 e. The summed E-state index contributed by atoms with van der Waals surface area (Å²) in [7, 11) is 0. The first-order chi connectivity index (χ1) is 70.6. The van der Waals surface area contributed by atoms with Gasteiger partial charge in [-0.15, -0.1) is 0 Å². The highest BCUT2D eigenvalue weighted by Crippen LogP contribution is 2.46. The fourth-order valence-corrected chi connectivity index (χ4v) is 12.8. The molecule has 0 saturated carbocycles. The van der Waals surface area contributed by atoms with Crippen LogP contribution in [-0.2, 0) is 95.4 Å². The molecule has 0 aromatic heterocycles. The molecule has 0 bridgehead atoms. The summed E-state index contributed by atoms with van der Waals surface area (Å²) >= 11 is 0. The van der Waals surface area contributed by atoms with Crippen LogP contribution in [0.4, 0.5) is 19.2 Å². The fraction of sp³-hybridized carbons (Fsp3) is 0.268. The smallest absolute Gasteiger partial charge is 0.412 e. The van der Waals surface area contributed by atoms with Crippen LogP contribution in [0.3, 0.4) is 0 Å². The van der Waals surface area contributed by atoms with E-state index >= 15 is 0 Å². The lowest BCUT2D eigenvalue weighted by Gasteiger charge is -2.30. The second kappa shape index (κ2) is 61.2. The average molecular weight is 2030 g/mol. The molecule has 4 N–H and O–H groups in total. The van der Waals surface area contributed by atoms with Gasteiger partial charge in [0.25, 0.3) is 0 Å². The number of ether oxygens (including phenoxy) is 16. The molecule has 8 aromatic rings. The molecule has 0 aliphatic heterocycles. The van der Waals surface area contributed by atoms with Crippen molar-refractivity contribution in [3.63, 3.8) is 0 Å². The molecule has 8 aromatic carbocycles. The van der Waals surface area contributed by atoms with E-state index in [0.29, 0.717) is 33.4 Å². The van der Waals surface area contributed by atoms with Gasteiger partial charge in [-0.1, -0.05) is 150 Å². The lowest BCUT2D eigenvalue weighted by atomic mass is 9.73. The van der Waals surface area contributed by atoms with Gasteiger partial charge in [0.2, 0.25) is 0 Å². The molecule has 0 aliphatic rings. The maximum atomic E-state index is 12.8.